The van der Waals surface area contributed by atoms with Crippen LogP contribution in [0.4, 0.5) is 10.8 Å². The number of fused-ring (bicyclic) bond motifs is 1. The minimum absolute atomic E-state index is 0.00100. The molecule has 0 aliphatic rings. The molecule has 0 aliphatic carbocycles. The lowest BCUT2D eigenvalue weighted by Gasteiger charge is -2.08. The lowest BCUT2D eigenvalue weighted by molar-refractivity contribution is 0.475. The smallest absolute Gasteiger partial charge is 0.236 e. The zero-order valence-corrected chi connectivity index (χ0v) is 14.8. The normalized spacial score (nSPS) is 12.4. The lowest BCUT2D eigenvalue weighted by Crippen LogP contribution is -2.03. The number of phenolic OH excluding ortho intramolecular Hbond substituents is 1. The molecule has 6 nitrogen and oxygen atoms in total. The van der Waals surface area contributed by atoms with Gasteiger partial charge in [-0.1, -0.05) is 42.0 Å². The van der Waals surface area contributed by atoms with Crippen molar-refractivity contribution in [2.24, 2.45) is 0 Å². The van der Waals surface area contributed by atoms with Crippen LogP contribution >= 0.6 is 22.9 Å². The fraction of sp³-hybridized carbons (Fsp3) is 0.118. The van der Waals surface area contributed by atoms with E-state index in [-0.39, 0.29) is 11.7 Å². The Bertz CT molecular complexity index is 1010. The summed E-state index contributed by atoms with van der Waals surface area (Å²) in [6, 6.07) is 14.5. The van der Waals surface area contributed by atoms with Crippen molar-refractivity contribution in [2.75, 3.05) is 5.32 Å². The number of rotatable bonds is 4. The van der Waals surface area contributed by atoms with Crippen LogP contribution in [0, 0.1) is 0 Å². The molecule has 0 saturated carbocycles. The Labute approximate surface area is 152 Å². The van der Waals surface area contributed by atoms with E-state index in [0.717, 1.165) is 27.2 Å². The average Bonchev–Trinajstić information content (AvgIpc) is 3.17. The zero-order chi connectivity index (χ0) is 17.4. The van der Waals surface area contributed by atoms with Gasteiger partial charge in [0.05, 0.1) is 0 Å². The number of halogens is 1. The Hall–Kier alpha value is -2.64. The molecule has 2 aromatic heterocycles. The molecule has 0 amide bonds. The van der Waals surface area contributed by atoms with E-state index in [1.54, 1.807) is 16.6 Å². The van der Waals surface area contributed by atoms with Crippen LogP contribution in [-0.4, -0.2) is 24.9 Å². The highest BCUT2D eigenvalue weighted by Gasteiger charge is 2.19. The summed E-state index contributed by atoms with van der Waals surface area (Å²) in [5.41, 5.74) is 1.94. The van der Waals surface area contributed by atoms with Gasteiger partial charge in [-0.05, 0) is 42.0 Å². The predicted molar refractivity (Wildman–Crippen MR) is 99.0 cm³/mol. The standard InChI is InChI=1S/C17H14ClN5OS/c1-10(11-2-8-14(24)9-3-11)15-20-21-17-23(15)22-16(25-17)19-13-6-4-12(18)5-7-13/h2-10,24H,1H3,(H,19,22)/t10-/m1/s1. The van der Waals surface area contributed by atoms with E-state index in [4.69, 9.17) is 11.6 Å². The molecule has 0 radical (unpaired) electrons. The first-order chi connectivity index (χ1) is 12.1. The molecule has 0 unspecified atom stereocenters. The molecule has 0 fully saturated rings. The van der Waals surface area contributed by atoms with Crippen LogP contribution in [0.2, 0.25) is 5.02 Å². The van der Waals surface area contributed by atoms with E-state index in [1.165, 1.54) is 11.3 Å². The molecular formula is C17H14ClN5OS. The number of benzene rings is 2. The molecule has 4 rings (SSSR count). The average molecular weight is 372 g/mol. The van der Waals surface area contributed by atoms with Crippen molar-refractivity contribution in [1.29, 1.82) is 0 Å². The Kier molecular flexibility index (Phi) is 4.03. The van der Waals surface area contributed by atoms with E-state index >= 15 is 0 Å². The summed E-state index contributed by atoms with van der Waals surface area (Å²) in [5.74, 6) is 0.993. The van der Waals surface area contributed by atoms with Gasteiger partial charge >= 0.3 is 0 Å². The van der Waals surface area contributed by atoms with Crippen molar-refractivity contribution < 1.29 is 5.11 Å². The first kappa shape index (κ1) is 15.9. The maximum Gasteiger partial charge on any atom is 0.236 e. The van der Waals surface area contributed by atoms with Crippen LogP contribution in [0.3, 0.4) is 0 Å². The highest BCUT2D eigenvalue weighted by atomic mass is 35.5. The molecule has 0 saturated heterocycles. The molecule has 0 spiro atoms. The fourth-order valence-corrected chi connectivity index (χ4v) is 3.41. The number of hydrogen-bond acceptors (Lipinski definition) is 6. The third-order valence-corrected chi connectivity index (χ3v) is 4.96. The fourth-order valence-electron chi connectivity index (χ4n) is 2.52. The van der Waals surface area contributed by atoms with Gasteiger partial charge in [0, 0.05) is 16.6 Å². The van der Waals surface area contributed by atoms with Crippen molar-refractivity contribution in [3.63, 3.8) is 0 Å². The van der Waals surface area contributed by atoms with Gasteiger partial charge < -0.3 is 10.4 Å². The van der Waals surface area contributed by atoms with E-state index in [9.17, 15) is 5.11 Å². The number of hydrogen-bond donors (Lipinski definition) is 2. The highest BCUT2D eigenvalue weighted by Crippen LogP contribution is 2.28. The lowest BCUT2D eigenvalue weighted by atomic mass is 10.0. The van der Waals surface area contributed by atoms with E-state index in [2.05, 4.69) is 20.6 Å². The van der Waals surface area contributed by atoms with Crippen LogP contribution in [0.5, 0.6) is 5.75 Å². The quantitative estimate of drug-likeness (QED) is 0.554. The summed E-state index contributed by atoms with van der Waals surface area (Å²) >= 11 is 7.33. The minimum atomic E-state index is 0.00100. The minimum Gasteiger partial charge on any atom is -0.508 e. The molecule has 1 atom stereocenters. The van der Waals surface area contributed by atoms with Crippen LogP contribution in [-0.2, 0) is 0 Å². The summed E-state index contributed by atoms with van der Waals surface area (Å²) in [5, 5.41) is 27.2. The van der Waals surface area contributed by atoms with Crippen LogP contribution in [0.25, 0.3) is 4.96 Å². The van der Waals surface area contributed by atoms with Gasteiger partial charge in [0.2, 0.25) is 10.1 Å². The summed E-state index contributed by atoms with van der Waals surface area (Å²) < 4.78 is 1.75. The van der Waals surface area contributed by atoms with E-state index in [1.807, 2.05) is 43.3 Å². The van der Waals surface area contributed by atoms with Gasteiger partial charge in [0.25, 0.3) is 0 Å². The molecule has 0 bridgehead atoms. The first-order valence-corrected chi connectivity index (χ1v) is 8.83. The molecule has 0 aliphatic heterocycles. The van der Waals surface area contributed by atoms with Gasteiger partial charge in [-0.15, -0.1) is 15.3 Å². The maximum atomic E-state index is 9.44. The molecule has 126 valence electrons. The Morgan fingerprint density at radius 1 is 1.08 bits per heavy atom. The van der Waals surface area contributed by atoms with Crippen molar-refractivity contribution in [2.45, 2.75) is 12.8 Å². The third-order valence-electron chi connectivity index (χ3n) is 3.89. The number of aromatic nitrogens is 4. The van der Waals surface area contributed by atoms with Gasteiger partial charge in [0.1, 0.15) is 5.75 Å². The topological polar surface area (TPSA) is 75.3 Å². The van der Waals surface area contributed by atoms with Crippen molar-refractivity contribution in [3.05, 3.63) is 64.9 Å². The first-order valence-electron chi connectivity index (χ1n) is 7.64. The summed E-state index contributed by atoms with van der Waals surface area (Å²) in [6.45, 7) is 2.04. The Morgan fingerprint density at radius 3 is 2.52 bits per heavy atom. The molecule has 2 heterocycles. The van der Waals surface area contributed by atoms with Crippen molar-refractivity contribution >= 4 is 38.7 Å². The highest BCUT2D eigenvalue weighted by molar-refractivity contribution is 7.20. The third kappa shape index (κ3) is 3.16. The largest absolute Gasteiger partial charge is 0.508 e. The predicted octanol–water partition coefficient (Wildman–Crippen LogP) is 4.44. The van der Waals surface area contributed by atoms with Gasteiger partial charge in [-0.2, -0.15) is 4.52 Å². The number of nitrogens with zero attached hydrogens (tertiary/aromatic N) is 4. The second-order valence-electron chi connectivity index (χ2n) is 5.60. The number of anilines is 2. The number of nitrogens with one attached hydrogen (secondary N) is 1. The van der Waals surface area contributed by atoms with E-state index < -0.39 is 0 Å². The monoisotopic (exact) mass is 371 g/mol. The second-order valence-corrected chi connectivity index (χ2v) is 7.00. The number of aromatic hydroxyl groups is 1. The molecule has 8 heteroatoms. The van der Waals surface area contributed by atoms with Crippen LogP contribution in [0.1, 0.15) is 24.2 Å². The van der Waals surface area contributed by atoms with E-state index in [0.29, 0.717) is 5.02 Å². The summed E-state index contributed by atoms with van der Waals surface area (Å²) in [4.78, 5) is 0.720. The van der Waals surface area contributed by atoms with Gasteiger partial charge in [-0.25, -0.2) is 0 Å². The molecule has 25 heavy (non-hydrogen) atoms. The molecule has 4 aromatic rings. The van der Waals surface area contributed by atoms with Crippen LogP contribution in [0.15, 0.2) is 48.5 Å². The van der Waals surface area contributed by atoms with Gasteiger partial charge in [0.15, 0.2) is 5.82 Å². The Balaban J connectivity index is 1.63. The van der Waals surface area contributed by atoms with Crippen molar-refractivity contribution in [1.82, 2.24) is 19.8 Å². The molecular weight excluding hydrogens is 358 g/mol. The molecule has 2 aromatic carbocycles. The second kappa shape index (κ2) is 6.34. The van der Waals surface area contributed by atoms with Crippen LogP contribution < -0.4 is 5.32 Å². The Morgan fingerprint density at radius 2 is 1.80 bits per heavy atom. The maximum absolute atomic E-state index is 9.44. The summed E-state index contributed by atoms with van der Waals surface area (Å²) in [6.07, 6.45) is 0. The molecule has 2 N–H and O–H groups in total. The summed E-state index contributed by atoms with van der Waals surface area (Å²) in [7, 11) is 0. The SMILES string of the molecule is C[C@H](c1ccc(O)cc1)c1nnc2sc(Nc3ccc(Cl)cc3)nn12. The van der Waals surface area contributed by atoms with Crippen molar-refractivity contribution in [3.8, 4) is 5.75 Å². The van der Waals surface area contributed by atoms with Gasteiger partial charge in [-0.3, -0.25) is 0 Å². The number of phenols is 1. The zero-order valence-electron chi connectivity index (χ0n) is 13.2.